The lowest BCUT2D eigenvalue weighted by Crippen LogP contribution is -2.29. The zero-order valence-corrected chi connectivity index (χ0v) is 9.63. The monoisotopic (exact) mass is 211 g/mol. The van der Waals surface area contributed by atoms with Gasteiger partial charge < -0.3 is 0 Å². The van der Waals surface area contributed by atoms with Crippen LogP contribution in [-0.4, -0.2) is 0 Å². The van der Waals surface area contributed by atoms with Crippen molar-refractivity contribution < 1.29 is 0 Å². The number of benzene rings is 1. The zero-order valence-electron chi connectivity index (χ0n) is 9.63. The molecule has 1 aromatic rings. The average Bonchev–Trinajstić information content (AvgIpc) is 2.70. The summed E-state index contributed by atoms with van der Waals surface area (Å²) in [7, 11) is 0. The van der Waals surface area contributed by atoms with Crippen molar-refractivity contribution in [3.8, 4) is 6.07 Å². The van der Waals surface area contributed by atoms with Gasteiger partial charge in [0, 0.05) is 0 Å². The summed E-state index contributed by atoms with van der Waals surface area (Å²) < 4.78 is 0. The minimum absolute atomic E-state index is 0.0210. The maximum Gasteiger partial charge on any atom is 0.0693 e. The van der Waals surface area contributed by atoms with E-state index in [2.05, 4.69) is 24.3 Å². The Balaban J connectivity index is 1.83. The molecule has 0 spiro atoms. The molecule has 2 aliphatic rings. The van der Waals surface area contributed by atoms with Crippen molar-refractivity contribution in [2.45, 2.75) is 44.9 Å². The molecular weight excluding hydrogens is 194 g/mol. The summed E-state index contributed by atoms with van der Waals surface area (Å²) in [5, 5.41) is 9.24. The van der Waals surface area contributed by atoms with E-state index in [0.29, 0.717) is 0 Å². The zero-order chi connectivity index (χ0) is 11.0. The highest BCUT2D eigenvalue weighted by Crippen LogP contribution is 2.43. The summed E-state index contributed by atoms with van der Waals surface area (Å²) in [6, 6.07) is 9.39. The second kappa shape index (κ2) is 3.63. The van der Waals surface area contributed by atoms with Gasteiger partial charge in [0.25, 0.3) is 0 Å². The number of fused-ring (bicyclic) bond motifs is 1. The highest BCUT2D eigenvalue weighted by Gasteiger charge is 2.37. The van der Waals surface area contributed by atoms with E-state index in [-0.39, 0.29) is 5.41 Å². The second-order valence-corrected chi connectivity index (χ2v) is 5.38. The fourth-order valence-electron chi connectivity index (χ4n) is 3.06. The summed E-state index contributed by atoms with van der Waals surface area (Å²) in [6.07, 6.45) is 8.19. The molecule has 82 valence electrons. The van der Waals surface area contributed by atoms with Crippen LogP contribution >= 0.6 is 0 Å². The number of aryl methyl sites for hydroxylation is 2. The fourth-order valence-corrected chi connectivity index (χ4v) is 3.06. The summed E-state index contributed by atoms with van der Waals surface area (Å²) >= 11 is 0. The Kier molecular flexibility index (Phi) is 2.24. The highest BCUT2D eigenvalue weighted by molar-refractivity contribution is 5.36. The van der Waals surface area contributed by atoms with E-state index in [0.717, 1.165) is 19.3 Å². The third-order valence-corrected chi connectivity index (χ3v) is 4.25. The fraction of sp³-hybridized carbons (Fsp3) is 0.533. The number of nitriles is 1. The molecule has 0 aromatic heterocycles. The molecule has 16 heavy (non-hydrogen) atoms. The third-order valence-electron chi connectivity index (χ3n) is 4.25. The van der Waals surface area contributed by atoms with Gasteiger partial charge in [-0.05, 0) is 55.2 Å². The van der Waals surface area contributed by atoms with Gasteiger partial charge in [0.05, 0.1) is 11.5 Å². The molecule has 0 bridgehead atoms. The smallest absolute Gasteiger partial charge is 0.0693 e. The van der Waals surface area contributed by atoms with E-state index >= 15 is 0 Å². The standard InChI is InChI=1S/C15H17N/c16-11-15(7-2-8-15)10-12-5-6-13-3-1-4-14(13)9-12/h5-6,9H,1-4,7-8,10H2. The molecule has 0 saturated heterocycles. The Morgan fingerprint density at radius 1 is 1.12 bits per heavy atom. The highest BCUT2D eigenvalue weighted by atomic mass is 14.4. The Morgan fingerprint density at radius 2 is 1.94 bits per heavy atom. The van der Waals surface area contributed by atoms with Crippen LogP contribution in [0.3, 0.4) is 0 Å². The van der Waals surface area contributed by atoms with Crippen molar-refractivity contribution in [3.05, 3.63) is 34.9 Å². The Hall–Kier alpha value is -1.29. The molecule has 0 N–H and O–H groups in total. The van der Waals surface area contributed by atoms with Crippen LogP contribution in [0.1, 0.15) is 42.4 Å². The first-order chi connectivity index (χ1) is 7.81. The van der Waals surface area contributed by atoms with Crippen LogP contribution in [0.4, 0.5) is 0 Å². The predicted octanol–water partition coefficient (Wildman–Crippen LogP) is 3.41. The molecular formula is C15H17N. The van der Waals surface area contributed by atoms with Crippen LogP contribution in [0.15, 0.2) is 18.2 Å². The summed E-state index contributed by atoms with van der Waals surface area (Å²) in [4.78, 5) is 0. The minimum Gasteiger partial charge on any atom is -0.198 e. The minimum atomic E-state index is -0.0210. The number of rotatable bonds is 2. The SMILES string of the molecule is N#CC1(Cc2ccc3c(c2)CCC3)CCC1. The summed E-state index contributed by atoms with van der Waals surface area (Å²) in [5.74, 6) is 0. The molecule has 0 atom stereocenters. The Morgan fingerprint density at radius 3 is 2.62 bits per heavy atom. The Bertz CT molecular complexity index is 449. The van der Waals surface area contributed by atoms with E-state index < -0.39 is 0 Å². The molecule has 1 nitrogen and oxygen atoms in total. The quantitative estimate of drug-likeness (QED) is 0.735. The molecule has 0 unspecified atom stereocenters. The van der Waals surface area contributed by atoms with Gasteiger partial charge in [0.15, 0.2) is 0 Å². The molecule has 2 aliphatic carbocycles. The third kappa shape index (κ3) is 1.53. The van der Waals surface area contributed by atoms with Gasteiger partial charge in [0.1, 0.15) is 0 Å². The van der Waals surface area contributed by atoms with Crippen molar-refractivity contribution in [2.24, 2.45) is 5.41 Å². The molecule has 0 aliphatic heterocycles. The van der Waals surface area contributed by atoms with E-state index in [1.165, 1.54) is 42.4 Å². The number of hydrogen-bond donors (Lipinski definition) is 0. The van der Waals surface area contributed by atoms with Gasteiger partial charge in [-0.3, -0.25) is 0 Å². The van der Waals surface area contributed by atoms with Gasteiger partial charge in [-0.15, -0.1) is 0 Å². The van der Waals surface area contributed by atoms with Crippen molar-refractivity contribution in [1.82, 2.24) is 0 Å². The first-order valence-corrected chi connectivity index (χ1v) is 6.33. The maximum atomic E-state index is 9.24. The van der Waals surface area contributed by atoms with Crippen LogP contribution in [-0.2, 0) is 19.3 Å². The van der Waals surface area contributed by atoms with Crippen molar-refractivity contribution in [2.75, 3.05) is 0 Å². The van der Waals surface area contributed by atoms with E-state index in [4.69, 9.17) is 0 Å². The number of nitrogens with zero attached hydrogens (tertiary/aromatic N) is 1. The molecule has 1 saturated carbocycles. The van der Waals surface area contributed by atoms with Gasteiger partial charge in [-0.1, -0.05) is 24.6 Å². The van der Waals surface area contributed by atoms with Gasteiger partial charge >= 0.3 is 0 Å². The molecule has 1 fully saturated rings. The largest absolute Gasteiger partial charge is 0.198 e. The number of hydrogen-bond acceptors (Lipinski definition) is 1. The normalized spacial score (nSPS) is 20.9. The maximum absolute atomic E-state index is 9.24. The van der Waals surface area contributed by atoms with Crippen LogP contribution < -0.4 is 0 Å². The lowest BCUT2D eigenvalue weighted by atomic mass is 9.66. The predicted molar refractivity (Wildman–Crippen MR) is 64.1 cm³/mol. The molecule has 0 amide bonds. The van der Waals surface area contributed by atoms with Gasteiger partial charge in [-0.25, -0.2) is 0 Å². The molecule has 1 heteroatoms. The topological polar surface area (TPSA) is 23.8 Å². The van der Waals surface area contributed by atoms with Crippen molar-refractivity contribution in [3.63, 3.8) is 0 Å². The molecule has 1 aromatic carbocycles. The van der Waals surface area contributed by atoms with Crippen molar-refractivity contribution in [1.29, 1.82) is 5.26 Å². The Labute approximate surface area is 97.1 Å². The molecule has 3 rings (SSSR count). The van der Waals surface area contributed by atoms with Crippen LogP contribution in [0.5, 0.6) is 0 Å². The van der Waals surface area contributed by atoms with Crippen LogP contribution in [0.25, 0.3) is 0 Å². The van der Waals surface area contributed by atoms with E-state index in [1.807, 2.05) is 0 Å². The summed E-state index contributed by atoms with van der Waals surface area (Å²) in [6.45, 7) is 0. The van der Waals surface area contributed by atoms with Crippen molar-refractivity contribution >= 4 is 0 Å². The lowest BCUT2D eigenvalue weighted by Gasteiger charge is -2.35. The first-order valence-electron chi connectivity index (χ1n) is 6.33. The molecule has 0 radical (unpaired) electrons. The second-order valence-electron chi connectivity index (χ2n) is 5.38. The summed E-state index contributed by atoms with van der Waals surface area (Å²) in [5.41, 5.74) is 4.42. The van der Waals surface area contributed by atoms with Gasteiger partial charge in [-0.2, -0.15) is 5.26 Å². The van der Waals surface area contributed by atoms with Crippen LogP contribution in [0, 0.1) is 16.7 Å². The molecule has 0 heterocycles. The van der Waals surface area contributed by atoms with Gasteiger partial charge in [0.2, 0.25) is 0 Å². The van der Waals surface area contributed by atoms with Crippen LogP contribution in [0.2, 0.25) is 0 Å². The average molecular weight is 211 g/mol. The lowest BCUT2D eigenvalue weighted by molar-refractivity contribution is 0.214. The van der Waals surface area contributed by atoms with E-state index in [1.54, 1.807) is 0 Å². The van der Waals surface area contributed by atoms with E-state index in [9.17, 15) is 5.26 Å². The first kappa shape index (κ1) is 9.90.